The van der Waals surface area contributed by atoms with Crippen LogP contribution in [0.15, 0.2) is 35.6 Å². The number of nitrogens with one attached hydrogen (secondary N) is 1. The minimum absolute atomic E-state index is 0.186. The molecule has 0 bridgehead atoms. The van der Waals surface area contributed by atoms with Gasteiger partial charge < -0.3 is 10.4 Å². The molecule has 1 aliphatic heterocycles. The van der Waals surface area contributed by atoms with Crippen LogP contribution in [-0.2, 0) is 21.5 Å². The minimum atomic E-state index is -3.81. The molecule has 9 heteroatoms. The first-order valence-electron chi connectivity index (χ1n) is 7.17. The number of aliphatic carboxylic acids is 1. The number of rotatable bonds is 5. The van der Waals surface area contributed by atoms with Gasteiger partial charge in [0.1, 0.15) is 12.6 Å². The summed E-state index contributed by atoms with van der Waals surface area (Å²) in [6.07, 6.45) is 4.72. The van der Waals surface area contributed by atoms with Gasteiger partial charge >= 0.3 is 5.97 Å². The van der Waals surface area contributed by atoms with E-state index < -0.39 is 22.1 Å². The molecule has 1 atom stereocenters. The monoisotopic (exact) mass is 344 g/mol. The van der Waals surface area contributed by atoms with Gasteiger partial charge in [-0.2, -0.15) is 8.42 Å². The van der Waals surface area contributed by atoms with Crippen molar-refractivity contribution >= 4 is 21.9 Å². The van der Waals surface area contributed by atoms with Crippen molar-refractivity contribution in [3.8, 4) is 0 Å². The van der Waals surface area contributed by atoms with Crippen molar-refractivity contribution < 1.29 is 27.4 Å². The summed E-state index contributed by atoms with van der Waals surface area (Å²) in [5.74, 6) is -0.262. The zero-order chi connectivity index (χ0) is 17.3. The number of carboxylic acids is 1. The smallest absolute Gasteiger partial charge is 0.326 e. The van der Waals surface area contributed by atoms with Gasteiger partial charge in [-0.3, -0.25) is 9.55 Å². The van der Waals surface area contributed by atoms with Crippen LogP contribution >= 0.6 is 0 Å². The molecule has 1 aromatic rings. The summed E-state index contributed by atoms with van der Waals surface area (Å²) in [5.41, 5.74) is 0. The van der Waals surface area contributed by atoms with Crippen molar-refractivity contribution in [2.24, 2.45) is 4.99 Å². The summed E-state index contributed by atoms with van der Waals surface area (Å²) in [7, 11) is -3.81. The van der Waals surface area contributed by atoms with Crippen molar-refractivity contribution in [1.29, 1.82) is 0 Å². The Kier molecular flexibility index (Phi) is 7.63. The van der Waals surface area contributed by atoms with Gasteiger partial charge in [-0.05, 0) is 13.3 Å². The highest BCUT2D eigenvalue weighted by Crippen LogP contribution is 1.98. The van der Waals surface area contributed by atoms with Crippen molar-refractivity contribution in [3.63, 3.8) is 0 Å². The van der Waals surface area contributed by atoms with E-state index in [2.05, 4.69) is 10.3 Å². The summed E-state index contributed by atoms with van der Waals surface area (Å²) >= 11 is 0. The van der Waals surface area contributed by atoms with Crippen LogP contribution in [0.25, 0.3) is 0 Å². The van der Waals surface area contributed by atoms with E-state index in [9.17, 15) is 13.2 Å². The van der Waals surface area contributed by atoms with Gasteiger partial charge in [0.2, 0.25) is 0 Å². The third-order valence-corrected chi connectivity index (χ3v) is 3.85. The van der Waals surface area contributed by atoms with E-state index in [1.54, 1.807) is 6.92 Å². The summed E-state index contributed by atoms with van der Waals surface area (Å²) in [5, 5.41) is 11.3. The molecule has 0 amide bonds. The molecule has 1 aromatic heterocycles. The Labute approximate surface area is 135 Å². The highest BCUT2D eigenvalue weighted by molar-refractivity contribution is 7.85. The van der Waals surface area contributed by atoms with E-state index in [4.69, 9.17) is 9.66 Å². The Morgan fingerprint density at radius 2 is 2.04 bits per heavy atom. The van der Waals surface area contributed by atoms with E-state index in [-0.39, 0.29) is 5.75 Å². The highest BCUT2D eigenvalue weighted by atomic mass is 32.2. The molecule has 0 spiro atoms. The number of aromatic nitrogens is 1. The Balaban J connectivity index is 0.000000238. The number of aryl methyl sites for hydroxylation is 1. The third-order valence-electron chi connectivity index (χ3n) is 3.04. The van der Waals surface area contributed by atoms with Gasteiger partial charge in [0, 0.05) is 25.1 Å². The predicted octanol–water partition coefficient (Wildman–Crippen LogP) is 0.103. The number of nitrogens with zero attached hydrogens (tertiary/aromatic N) is 2. The van der Waals surface area contributed by atoms with Crippen molar-refractivity contribution in [2.75, 3.05) is 12.3 Å². The highest BCUT2D eigenvalue weighted by Gasteiger charge is 2.19. The molecule has 3 N–H and O–H groups in total. The van der Waals surface area contributed by atoms with Crippen LogP contribution in [0.2, 0.25) is 0 Å². The number of hydrogen-bond donors (Lipinski definition) is 3. The fourth-order valence-electron chi connectivity index (χ4n) is 1.93. The zero-order valence-electron chi connectivity index (χ0n) is 12.9. The molecule has 8 nitrogen and oxygen atoms in total. The van der Waals surface area contributed by atoms with Crippen LogP contribution < -0.4 is 9.88 Å². The standard InChI is InChI=1S/C8H11NO3S.C6H10N2O2/c10-13(11,12)8-4-7-9-5-2-1-3-6-9;1-4-7-3-2-5(8-4)6(9)10/h1-3,5-6H,4,7-8H2;5H,2-3H2,1H3,(H,7,8)(H,9,10)/p+1. The molecule has 0 radical (unpaired) electrons. The maximum absolute atomic E-state index is 10.4. The number of pyridine rings is 1. The van der Waals surface area contributed by atoms with Crippen LogP contribution in [0, 0.1) is 0 Å². The molecule has 1 unspecified atom stereocenters. The first-order valence-corrected chi connectivity index (χ1v) is 8.78. The molecule has 2 rings (SSSR count). The molecule has 2 heterocycles. The molecule has 0 saturated heterocycles. The van der Waals surface area contributed by atoms with Crippen LogP contribution in [0.4, 0.5) is 0 Å². The average molecular weight is 344 g/mol. The molecular weight excluding hydrogens is 322 g/mol. The van der Waals surface area contributed by atoms with E-state index in [0.717, 1.165) is 5.84 Å². The van der Waals surface area contributed by atoms with Crippen molar-refractivity contribution in [1.82, 2.24) is 5.32 Å². The van der Waals surface area contributed by atoms with Crippen molar-refractivity contribution in [3.05, 3.63) is 30.6 Å². The Hall–Kier alpha value is -2.00. The molecule has 0 fully saturated rings. The Morgan fingerprint density at radius 1 is 1.39 bits per heavy atom. The second-order valence-corrected chi connectivity index (χ2v) is 6.62. The average Bonchev–Trinajstić information content (AvgIpc) is 2.48. The molecular formula is C14H22N3O5S+. The summed E-state index contributed by atoms with van der Waals surface area (Å²) < 4.78 is 31.1. The van der Waals surface area contributed by atoms with E-state index in [0.29, 0.717) is 25.9 Å². The van der Waals surface area contributed by atoms with E-state index in [1.165, 1.54) is 0 Å². The fourth-order valence-corrected chi connectivity index (χ4v) is 2.42. The molecule has 1 aliphatic rings. The molecule has 128 valence electrons. The second kappa shape index (κ2) is 9.21. The molecule has 0 aliphatic carbocycles. The van der Waals surface area contributed by atoms with Crippen LogP contribution in [-0.4, -0.2) is 48.2 Å². The Morgan fingerprint density at radius 3 is 2.52 bits per heavy atom. The summed E-state index contributed by atoms with van der Waals surface area (Å²) in [6, 6.07) is 5.19. The van der Waals surface area contributed by atoms with Gasteiger partial charge in [0.15, 0.2) is 12.4 Å². The first kappa shape index (κ1) is 19.0. The molecule has 23 heavy (non-hydrogen) atoms. The normalized spacial score (nSPS) is 17.3. The number of hydrogen-bond acceptors (Lipinski definition) is 5. The largest absolute Gasteiger partial charge is 0.480 e. The topological polar surface area (TPSA) is 120 Å². The zero-order valence-corrected chi connectivity index (χ0v) is 13.7. The number of carboxylic acid groups (broad SMARTS) is 1. The third kappa shape index (κ3) is 8.89. The maximum atomic E-state index is 10.4. The lowest BCUT2D eigenvalue weighted by atomic mass is 10.2. The van der Waals surface area contributed by atoms with Crippen LogP contribution in [0.1, 0.15) is 19.8 Å². The number of amidine groups is 1. The van der Waals surface area contributed by atoms with Gasteiger partial charge in [-0.15, -0.1) is 0 Å². The van der Waals surface area contributed by atoms with Crippen molar-refractivity contribution in [2.45, 2.75) is 32.4 Å². The van der Waals surface area contributed by atoms with Gasteiger partial charge in [-0.1, -0.05) is 6.07 Å². The quantitative estimate of drug-likeness (QED) is 0.515. The molecule has 0 saturated carbocycles. The van der Waals surface area contributed by atoms with E-state index in [1.807, 2.05) is 35.2 Å². The fraction of sp³-hybridized carbons (Fsp3) is 0.500. The van der Waals surface area contributed by atoms with Crippen LogP contribution in [0.5, 0.6) is 0 Å². The lowest BCUT2D eigenvalue weighted by molar-refractivity contribution is -0.696. The maximum Gasteiger partial charge on any atom is 0.326 e. The number of aliphatic imine (C=N–C) groups is 1. The SMILES string of the molecule is CC1=NCCC(C(=O)O)N1.O=S(=O)(O)CCC[n+]1ccccc1. The lowest BCUT2D eigenvalue weighted by Crippen LogP contribution is -2.42. The van der Waals surface area contributed by atoms with Gasteiger partial charge in [0.05, 0.1) is 11.6 Å². The summed E-state index contributed by atoms with van der Waals surface area (Å²) in [6.45, 7) is 2.99. The van der Waals surface area contributed by atoms with Crippen LogP contribution in [0.3, 0.4) is 0 Å². The second-order valence-electron chi connectivity index (χ2n) is 5.04. The van der Waals surface area contributed by atoms with Gasteiger partial charge in [-0.25, -0.2) is 9.36 Å². The van der Waals surface area contributed by atoms with Gasteiger partial charge in [0.25, 0.3) is 10.1 Å². The minimum Gasteiger partial charge on any atom is -0.480 e. The molecule has 0 aromatic carbocycles. The number of carbonyl (C=O) groups is 1. The summed E-state index contributed by atoms with van der Waals surface area (Å²) in [4.78, 5) is 14.4. The van der Waals surface area contributed by atoms with E-state index >= 15 is 0 Å². The Bertz CT molecular complexity index is 631. The first-order chi connectivity index (χ1) is 10.8. The predicted molar refractivity (Wildman–Crippen MR) is 84.8 cm³/mol. The lowest BCUT2D eigenvalue weighted by Gasteiger charge is -2.18.